The Kier molecular flexibility index (Phi) is 5.37. The van der Waals surface area contributed by atoms with Gasteiger partial charge in [-0.1, -0.05) is 13.3 Å². The van der Waals surface area contributed by atoms with Crippen LogP contribution in [-0.4, -0.2) is 22.7 Å². The molecule has 0 aliphatic rings. The summed E-state index contributed by atoms with van der Waals surface area (Å²) in [5.41, 5.74) is 0.793. The molecule has 6 heteroatoms. The number of nitro benzene ring substituents is 1. The van der Waals surface area contributed by atoms with Crippen LogP contribution in [0.15, 0.2) is 22.7 Å². The number of nitrogens with zero attached hydrogens (tertiary/aromatic N) is 1. The lowest BCUT2D eigenvalue weighted by atomic mass is 10.1. The fourth-order valence-electron chi connectivity index (χ4n) is 1.51. The second kappa shape index (κ2) is 6.56. The van der Waals surface area contributed by atoms with Gasteiger partial charge in [0, 0.05) is 28.3 Å². The molecule has 1 rings (SSSR count). The lowest BCUT2D eigenvalue weighted by molar-refractivity contribution is -0.384. The Balaban J connectivity index is 2.81. The zero-order chi connectivity index (χ0) is 12.8. The van der Waals surface area contributed by atoms with Gasteiger partial charge in [-0.3, -0.25) is 10.1 Å². The molecule has 0 aromatic heterocycles. The van der Waals surface area contributed by atoms with Crippen molar-refractivity contribution in [1.29, 1.82) is 0 Å². The summed E-state index contributed by atoms with van der Waals surface area (Å²) in [7, 11) is 0. The van der Waals surface area contributed by atoms with E-state index in [4.69, 9.17) is 5.11 Å². The molecule has 0 fully saturated rings. The van der Waals surface area contributed by atoms with E-state index >= 15 is 0 Å². The first-order valence-electron chi connectivity index (χ1n) is 5.39. The van der Waals surface area contributed by atoms with Gasteiger partial charge in [-0.25, -0.2) is 0 Å². The van der Waals surface area contributed by atoms with Gasteiger partial charge in [0.05, 0.1) is 11.5 Å². The molecule has 0 radical (unpaired) electrons. The van der Waals surface area contributed by atoms with Crippen molar-refractivity contribution in [2.45, 2.75) is 25.8 Å². The highest BCUT2D eigenvalue weighted by atomic mass is 79.9. The molecule has 0 aliphatic carbocycles. The van der Waals surface area contributed by atoms with E-state index < -0.39 is 4.92 Å². The summed E-state index contributed by atoms with van der Waals surface area (Å²) in [5, 5.41) is 22.9. The molecular formula is C11H15BrN2O3. The van der Waals surface area contributed by atoms with Crippen LogP contribution in [0.2, 0.25) is 0 Å². The van der Waals surface area contributed by atoms with Crippen molar-refractivity contribution < 1.29 is 10.0 Å². The summed E-state index contributed by atoms with van der Waals surface area (Å²) < 4.78 is 0.626. The van der Waals surface area contributed by atoms with Crippen LogP contribution in [0.25, 0.3) is 0 Å². The van der Waals surface area contributed by atoms with Gasteiger partial charge in [0.15, 0.2) is 0 Å². The molecule has 0 saturated carbocycles. The summed E-state index contributed by atoms with van der Waals surface area (Å²) >= 11 is 3.28. The van der Waals surface area contributed by atoms with Crippen molar-refractivity contribution in [2.75, 3.05) is 11.9 Å². The average Bonchev–Trinajstić information content (AvgIpc) is 2.30. The van der Waals surface area contributed by atoms with Crippen molar-refractivity contribution in [3.63, 3.8) is 0 Å². The van der Waals surface area contributed by atoms with E-state index in [1.165, 1.54) is 12.1 Å². The number of aliphatic hydroxyl groups is 1. The molecule has 17 heavy (non-hydrogen) atoms. The van der Waals surface area contributed by atoms with Crippen molar-refractivity contribution in [3.05, 3.63) is 32.8 Å². The number of non-ortho nitro benzene ring substituents is 1. The van der Waals surface area contributed by atoms with E-state index in [1.54, 1.807) is 6.07 Å². The lowest BCUT2D eigenvalue weighted by Crippen LogP contribution is -2.23. The Morgan fingerprint density at radius 1 is 1.59 bits per heavy atom. The molecule has 0 amide bonds. The van der Waals surface area contributed by atoms with Crippen LogP contribution in [0.3, 0.4) is 0 Å². The van der Waals surface area contributed by atoms with Crippen LogP contribution in [0.5, 0.6) is 0 Å². The van der Waals surface area contributed by atoms with E-state index in [-0.39, 0.29) is 18.3 Å². The van der Waals surface area contributed by atoms with Gasteiger partial charge in [0.1, 0.15) is 0 Å². The molecule has 0 heterocycles. The van der Waals surface area contributed by atoms with E-state index in [9.17, 15) is 10.1 Å². The molecule has 1 atom stereocenters. The zero-order valence-corrected chi connectivity index (χ0v) is 11.1. The average molecular weight is 303 g/mol. The summed E-state index contributed by atoms with van der Waals surface area (Å²) in [6.07, 6.45) is 1.81. The van der Waals surface area contributed by atoms with Crippen LogP contribution < -0.4 is 5.32 Å². The number of halogens is 1. The van der Waals surface area contributed by atoms with Crippen LogP contribution in [0, 0.1) is 10.1 Å². The summed E-state index contributed by atoms with van der Waals surface area (Å²) in [5.74, 6) is 0. The van der Waals surface area contributed by atoms with Crippen LogP contribution >= 0.6 is 15.9 Å². The van der Waals surface area contributed by atoms with E-state index in [0.29, 0.717) is 4.47 Å². The molecule has 0 saturated heterocycles. The maximum atomic E-state index is 10.6. The maximum absolute atomic E-state index is 10.6. The summed E-state index contributed by atoms with van der Waals surface area (Å²) in [6.45, 7) is 2.08. The molecule has 94 valence electrons. The Hall–Kier alpha value is -1.14. The number of nitro groups is 1. The largest absolute Gasteiger partial charge is 0.394 e. The standard InChI is InChI=1S/C11H15BrN2O3/c1-2-3-8(7-15)13-11-5-4-9(14(16)17)6-10(11)12/h4-6,8,13,15H,2-3,7H2,1H3/t8-/m0/s1. The number of nitrogens with one attached hydrogen (secondary N) is 1. The minimum atomic E-state index is -0.440. The highest BCUT2D eigenvalue weighted by Crippen LogP contribution is 2.27. The SMILES string of the molecule is CCC[C@@H](CO)Nc1ccc([N+](=O)[O-])cc1Br. The van der Waals surface area contributed by atoms with Crippen LogP contribution in [-0.2, 0) is 0 Å². The third-order valence-electron chi connectivity index (χ3n) is 2.38. The number of hydrogen-bond donors (Lipinski definition) is 2. The third-order valence-corrected chi connectivity index (χ3v) is 3.04. The monoisotopic (exact) mass is 302 g/mol. The predicted octanol–water partition coefficient (Wildman–Crippen LogP) is 2.93. The van der Waals surface area contributed by atoms with E-state index in [1.807, 2.05) is 6.92 Å². The second-order valence-corrected chi connectivity index (χ2v) is 4.59. The number of anilines is 1. The number of benzene rings is 1. The van der Waals surface area contributed by atoms with Gasteiger partial charge in [0.2, 0.25) is 0 Å². The molecule has 0 bridgehead atoms. The molecule has 1 aromatic carbocycles. The summed E-state index contributed by atoms with van der Waals surface area (Å²) in [6, 6.07) is 4.49. The quantitative estimate of drug-likeness (QED) is 0.626. The molecule has 0 spiro atoms. The second-order valence-electron chi connectivity index (χ2n) is 3.73. The van der Waals surface area contributed by atoms with Gasteiger partial charge < -0.3 is 10.4 Å². The lowest BCUT2D eigenvalue weighted by Gasteiger charge is -2.17. The predicted molar refractivity (Wildman–Crippen MR) is 70.2 cm³/mol. The van der Waals surface area contributed by atoms with Crippen molar-refractivity contribution in [2.24, 2.45) is 0 Å². The van der Waals surface area contributed by atoms with Crippen molar-refractivity contribution in [3.8, 4) is 0 Å². The normalized spacial score (nSPS) is 12.2. The number of aliphatic hydroxyl groups excluding tert-OH is 1. The number of hydrogen-bond acceptors (Lipinski definition) is 4. The highest BCUT2D eigenvalue weighted by molar-refractivity contribution is 9.10. The smallest absolute Gasteiger partial charge is 0.270 e. The highest BCUT2D eigenvalue weighted by Gasteiger charge is 2.12. The van der Waals surface area contributed by atoms with E-state index in [0.717, 1.165) is 18.5 Å². The fourth-order valence-corrected chi connectivity index (χ4v) is 1.99. The van der Waals surface area contributed by atoms with E-state index in [2.05, 4.69) is 21.2 Å². The number of rotatable bonds is 6. The third kappa shape index (κ3) is 3.98. The zero-order valence-electron chi connectivity index (χ0n) is 9.52. The van der Waals surface area contributed by atoms with Gasteiger partial charge in [-0.05, 0) is 28.4 Å². The first-order valence-corrected chi connectivity index (χ1v) is 6.19. The Morgan fingerprint density at radius 3 is 2.76 bits per heavy atom. The van der Waals surface area contributed by atoms with Gasteiger partial charge in [0.25, 0.3) is 5.69 Å². The summed E-state index contributed by atoms with van der Waals surface area (Å²) in [4.78, 5) is 10.1. The fraction of sp³-hybridized carbons (Fsp3) is 0.455. The Morgan fingerprint density at radius 2 is 2.29 bits per heavy atom. The van der Waals surface area contributed by atoms with Crippen molar-refractivity contribution >= 4 is 27.3 Å². The van der Waals surface area contributed by atoms with Gasteiger partial charge in [-0.2, -0.15) is 0 Å². The van der Waals surface area contributed by atoms with Gasteiger partial charge in [-0.15, -0.1) is 0 Å². The topological polar surface area (TPSA) is 75.4 Å². The Bertz CT molecular complexity index is 398. The molecule has 2 N–H and O–H groups in total. The van der Waals surface area contributed by atoms with Crippen molar-refractivity contribution in [1.82, 2.24) is 0 Å². The molecule has 0 unspecified atom stereocenters. The minimum absolute atomic E-state index is 0.0299. The maximum Gasteiger partial charge on any atom is 0.270 e. The molecular weight excluding hydrogens is 288 g/mol. The molecule has 0 aliphatic heterocycles. The molecule has 1 aromatic rings. The van der Waals surface area contributed by atoms with Crippen LogP contribution in [0.4, 0.5) is 11.4 Å². The minimum Gasteiger partial charge on any atom is -0.394 e. The molecule has 5 nitrogen and oxygen atoms in total. The first kappa shape index (κ1) is 13.9. The van der Waals surface area contributed by atoms with Crippen LogP contribution in [0.1, 0.15) is 19.8 Å². The van der Waals surface area contributed by atoms with Gasteiger partial charge >= 0.3 is 0 Å². The first-order chi connectivity index (χ1) is 8.08. The Labute approximate surface area is 108 Å².